The van der Waals surface area contributed by atoms with Gasteiger partial charge in [0, 0.05) is 60.0 Å². The molecule has 0 unspecified atom stereocenters. The summed E-state index contributed by atoms with van der Waals surface area (Å²) in [5, 5.41) is 4.56. The van der Waals surface area contributed by atoms with Gasteiger partial charge < -0.3 is 13.7 Å². The van der Waals surface area contributed by atoms with Gasteiger partial charge in [0.05, 0.1) is 5.69 Å². The Bertz CT molecular complexity index is 2790. The molecule has 0 saturated carbocycles. The molecule has 10 aromatic rings. The molecule has 0 N–H and O–H groups in total. The van der Waals surface area contributed by atoms with Crippen LogP contribution in [0.2, 0.25) is 0 Å². The molecule has 0 fully saturated rings. The molecule has 0 radical (unpaired) electrons. The number of anilines is 3. The van der Waals surface area contributed by atoms with Crippen LogP contribution in [0.5, 0.6) is 0 Å². The number of benzene rings is 7. The van der Waals surface area contributed by atoms with E-state index in [1.165, 1.54) is 15.6 Å². The summed E-state index contributed by atoms with van der Waals surface area (Å²) in [7, 11) is 0. The van der Waals surface area contributed by atoms with Crippen LogP contribution in [0.15, 0.2) is 167 Å². The summed E-state index contributed by atoms with van der Waals surface area (Å²) >= 11 is 1.78. The Balaban J connectivity index is 1.22. The first-order valence-electron chi connectivity index (χ1n) is 15.9. The Morgan fingerprint density at radius 2 is 1.19 bits per heavy atom. The number of aromatic nitrogens is 1. The van der Waals surface area contributed by atoms with Crippen LogP contribution in [-0.2, 0) is 0 Å². The molecule has 3 heterocycles. The molecule has 10 rings (SSSR count). The van der Waals surface area contributed by atoms with Gasteiger partial charge in [0.15, 0.2) is 5.58 Å². The molecule has 0 bridgehead atoms. The Hall–Kier alpha value is -6.17. The number of fused-ring (bicyclic) bond motifs is 7. The van der Waals surface area contributed by atoms with Gasteiger partial charge in [-0.15, -0.1) is 11.3 Å². The molecule has 0 amide bonds. The van der Waals surface area contributed by atoms with E-state index in [1.54, 1.807) is 11.3 Å². The fraction of sp³-hybridized carbons (Fsp3) is 0. The minimum absolute atomic E-state index is 0.631. The number of para-hydroxylation sites is 1. The summed E-state index contributed by atoms with van der Waals surface area (Å²) in [6.45, 7) is 0. The first-order chi connectivity index (χ1) is 23.8. The van der Waals surface area contributed by atoms with E-state index >= 15 is 0 Å². The van der Waals surface area contributed by atoms with E-state index in [2.05, 4.69) is 120 Å². The van der Waals surface area contributed by atoms with Gasteiger partial charge in [-0.05, 0) is 71.8 Å². The lowest BCUT2D eigenvalue weighted by molar-refractivity contribution is 0.620. The molecule has 226 valence electrons. The monoisotopic (exact) mass is 634 g/mol. The summed E-state index contributed by atoms with van der Waals surface area (Å²) in [5.74, 6) is 0.631. The van der Waals surface area contributed by atoms with E-state index in [0.29, 0.717) is 5.89 Å². The quantitative estimate of drug-likeness (QED) is 0.189. The maximum Gasteiger partial charge on any atom is 0.227 e. The number of furan rings is 1. The molecule has 0 aliphatic rings. The predicted octanol–water partition coefficient (Wildman–Crippen LogP) is 12.9. The topological polar surface area (TPSA) is 42.4 Å². The molecule has 4 nitrogen and oxygen atoms in total. The summed E-state index contributed by atoms with van der Waals surface area (Å²) in [4.78, 5) is 7.28. The van der Waals surface area contributed by atoms with Crippen LogP contribution < -0.4 is 4.90 Å². The average Bonchev–Trinajstić information content (AvgIpc) is 3.84. The fourth-order valence-corrected chi connectivity index (χ4v) is 7.99. The van der Waals surface area contributed by atoms with Crippen molar-refractivity contribution in [2.75, 3.05) is 4.90 Å². The van der Waals surface area contributed by atoms with Gasteiger partial charge in [0.1, 0.15) is 16.7 Å². The van der Waals surface area contributed by atoms with Crippen LogP contribution in [0.1, 0.15) is 0 Å². The SMILES string of the molecule is c1ccc(-c2cccc(N(c3ccc4c(c3)oc3ccccc34)c3cccc4sc5cc6oc(-c7ccccc7)nc6cc5c34)c2)cc1. The fourth-order valence-electron chi connectivity index (χ4n) is 6.86. The van der Waals surface area contributed by atoms with Crippen molar-refractivity contribution in [3.63, 3.8) is 0 Å². The van der Waals surface area contributed by atoms with Crippen LogP contribution in [0.4, 0.5) is 17.1 Å². The van der Waals surface area contributed by atoms with Crippen molar-refractivity contribution in [1.29, 1.82) is 0 Å². The van der Waals surface area contributed by atoms with Crippen LogP contribution >= 0.6 is 11.3 Å². The first kappa shape index (κ1) is 27.0. The molecule has 7 aromatic carbocycles. The minimum Gasteiger partial charge on any atom is -0.456 e. The second-order valence-corrected chi connectivity index (χ2v) is 13.1. The van der Waals surface area contributed by atoms with Gasteiger partial charge in [-0.3, -0.25) is 0 Å². The third-order valence-corrected chi connectivity index (χ3v) is 10.2. The van der Waals surface area contributed by atoms with Gasteiger partial charge in [-0.25, -0.2) is 4.98 Å². The van der Waals surface area contributed by atoms with E-state index in [9.17, 15) is 0 Å². The highest BCUT2D eigenvalue weighted by Crippen LogP contribution is 2.47. The lowest BCUT2D eigenvalue weighted by Crippen LogP contribution is -2.10. The van der Waals surface area contributed by atoms with E-state index in [4.69, 9.17) is 13.8 Å². The number of hydrogen-bond acceptors (Lipinski definition) is 5. The van der Waals surface area contributed by atoms with Gasteiger partial charge >= 0.3 is 0 Å². The highest BCUT2D eigenvalue weighted by atomic mass is 32.1. The van der Waals surface area contributed by atoms with Gasteiger partial charge in [0.25, 0.3) is 0 Å². The molecule has 0 aliphatic carbocycles. The normalized spacial score (nSPS) is 11.8. The molecule has 48 heavy (non-hydrogen) atoms. The van der Waals surface area contributed by atoms with Crippen molar-refractivity contribution in [2.24, 2.45) is 0 Å². The Labute approximate surface area is 279 Å². The second-order valence-electron chi connectivity index (χ2n) is 12.0. The highest BCUT2D eigenvalue weighted by Gasteiger charge is 2.21. The largest absolute Gasteiger partial charge is 0.456 e. The minimum atomic E-state index is 0.631. The molecule has 0 atom stereocenters. The van der Waals surface area contributed by atoms with Gasteiger partial charge in [-0.2, -0.15) is 0 Å². The molecule has 0 aliphatic heterocycles. The Morgan fingerprint density at radius 1 is 0.458 bits per heavy atom. The molecule has 3 aromatic heterocycles. The molecular formula is C43H26N2O2S. The highest BCUT2D eigenvalue weighted by molar-refractivity contribution is 7.26. The van der Waals surface area contributed by atoms with E-state index in [1.807, 2.05) is 42.5 Å². The van der Waals surface area contributed by atoms with Crippen LogP contribution in [-0.4, -0.2) is 4.98 Å². The smallest absolute Gasteiger partial charge is 0.227 e. The Morgan fingerprint density at radius 3 is 2.06 bits per heavy atom. The van der Waals surface area contributed by atoms with Crippen molar-refractivity contribution in [3.8, 4) is 22.6 Å². The number of rotatable bonds is 5. The van der Waals surface area contributed by atoms with Gasteiger partial charge in [0.2, 0.25) is 5.89 Å². The van der Waals surface area contributed by atoms with Crippen LogP contribution in [0.25, 0.3) is 75.8 Å². The van der Waals surface area contributed by atoms with Crippen molar-refractivity contribution >= 4 is 81.6 Å². The van der Waals surface area contributed by atoms with E-state index in [-0.39, 0.29) is 0 Å². The lowest BCUT2D eigenvalue weighted by atomic mass is 10.0. The molecule has 0 spiro atoms. The third-order valence-electron chi connectivity index (χ3n) is 9.08. The summed E-state index contributed by atoms with van der Waals surface area (Å²) in [6.07, 6.45) is 0. The number of thiophene rings is 1. The maximum atomic E-state index is 6.39. The first-order valence-corrected chi connectivity index (χ1v) is 16.8. The van der Waals surface area contributed by atoms with Gasteiger partial charge in [-0.1, -0.05) is 84.9 Å². The molecule has 5 heteroatoms. The molecular weight excluding hydrogens is 609 g/mol. The number of nitrogens with zero attached hydrogens (tertiary/aromatic N) is 2. The second kappa shape index (κ2) is 10.7. The van der Waals surface area contributed by atoms with Crippen molar-refractivity contribution in [1.82, 2.24) is 4.98 Å². The van der Waals surface area contributed by atoms with Crippen molar-refractivity contribution in [3.05, 3.63) is 158 Å². The van der Waals surface area contributed by atoms with Crippen LogP contribution in [0, 0.1) is 0 Å². The van der Waals surface area contributed by atoms with Crippen LogP contribution in [0.3, 0.4) is 0 Å². The standard InChI is InChI=1S/C43H26N2O2S/c1-3-11-27(12-4-1)29-15-9-16-30(23-29)45(31-21-22-33-32-17-7-8-19-37(32)46-38(33)24-31)36-18-10-20-40-42(36)34-25-35-39(26-41(34)48-40)47-43(44-35)28-13-5-2-6-14-28/h1-26H. The average molecular weight is 635 g/mol. The zero-order valence-corrected chi connectivity index (χ0v) is 26.4. The number of oxazole rings is 1. The summed E-state index contributed by atoms with van der Waals surface area (Å²) < 4.78 is 15.0. The van der Waals surface area contributed by atoms with Crippen molar-refractivity contribution in [2.45, 2.75) is 0 Å². The number of hydrogen-bond donors (Lipinski definition) is 0. The zero-order chi connectivity index (χ0) is 31.6. The molecule has 0 saturated heterocycles. The maximum absolute atomic E-state index is 6.39. The third kappa shape index (κ3) is 4.33. The summed E-state index contributed by atoms with van der Waals surface area (Å²) in [5.41, 5.74) is 9.85. The van der Waals surface area contributed by atoms with E-state index in [0.717, 1.165) is 71.3 Å². The Kier molecular flexibility index (Phi) is 6.01. The zero-order valence-electron chi connectivity index (χ0n) is 25.6. The lowest BCUT2D eigenvalue weighted by Gasteiger charge is -2.27. The summed E-state index contributed by atoms with van der Waals surface area (Å²) in [6, 6.07) is 55.0. The van der Waals surface area contributed by atoms with Crippen molar-refractivity contribution < 1.29 is 8.83 Å². The van der Waals surface area contributed by atoms with E-state index < -0.39 is 0 Å². The predicted molar refractivity (Wildman–Crippen MR) is 200 cm³/mol.